The van der Waals surface area contributed by atoms with Crippen LogP contribution in [0.4, 0.5) is 0 Å². The molecule has 1 aliphatic heterocycles. The molecule has 3 heteroatoms. The maximum absolute atomic E-state index is 5.59. The zero-order valence-corrected chi connectivity index (χ0v) is 12.1. The molecule has 0 bridgehead atoms. The van der Waals surface area contributed by atoms with E-state index >= 15 is 0 Å². The molecule has 0 aliphatic carbocycles. The van der Waals surface area contributed by atoms with Crippen LogP contribution in [0.15, 0.2) is 35.5 Å². The number of hydrogen-bond acceptors (Lipinski definition) is 3. The van der Waals surface area contributed by atoms with Gasteiger partial charge in [0.2, 0.25) is 6.29 Å². The van der Waals surface area contributed by atoms with Crippen LogP contribution in [0.5, 0.6) is 0 Å². The molecule has 1 fully saturated rings. The van der Waals surface area contributed by atoms with E-state index in [-0.39, 0.29) is 11.7 Å². The van der Waals surface area contributed by atoms with Gasteiger partial charge in [0.05, 0.1) is 12.3 Å². The van der Waals surface area contributed by atoms with Crippen LogP contribution in [-0.4, -0.2) is 18.6 Å². The summed E-state index contributed by atoms with van der Waals surface area (Å²) in [6, 6.07) is 10.2. The zero-order valence-electron chi connectivity index (χ0n) is 12.1. The van der Waals surface area contributed by atoms with E-state index in [9.17, 15) is 0 Å². The number of hydrogen-bond donors (Lipinski definition) is 0. The van der Waals surface area contributed by atoms with Crippen molar-refractivity contribution in [2.75, 3.05) is 6.61 Å². The Morgan fingerprint density at radius 1 is 1.21 bits per heavy atom. The highest BCUT2D eigenvalue weighted by Crippen LogP contribution is 2.23. The molecular weight excluding hydrogens is 238 g/mol. The van der Waals surface area contributed by atoms with E-state index in [1.54, 1.807) is 0 Å². The molecule has 0 saturated carbocycles. The molecule has 104 valence electrons. The van der Waals surface area contributed by atoms with E-state index in [1.165, 1.54) is 0 Å². The summed E-state index contributed by atoms with van der Waals surface area (Å²) in [5.74, 6) is 0. The van der Waals surface area contributed by atoms with Crippen molar-refractivity contribution >= 4 is 5.71 Å². The quantitative estimate of drug-likeness (QED) is 0.608. The summed E-state index contributed by atoms with van der Waals surface area (Å²) >= 11 is 0. The molecule has 0 aromatic heterocycles. The molecule has 0 amide bonds. The number of ether oxygens (including phenoxy) is 1. The lowest BCUT2D eigenvalue weighted by atomic mass is 9.86. The third-order valence-corrected chi connectivity index (χ3v) is 3.16. The Hall–Kier alpha value is -1.35. The third-order valence-electron chi connectivity index (χ3n) is 3.16. The molecule has 1 heterocycles. The van der Waals surface area contributed by atoms with Gasteiger partial charge < -0.3 is 9.57 Å². The van der Waals surface area contributed by atoms with E-state index in [1.807, 2.05) is 18.2 Å². The van der Waals surface area contributed by atoms with Crippen LogP contribution in [0.3, 0.4) is 0 Å². The van der Waals surface area contributed by atoms with Gasteiger partial charge in [0.15, 0.2) is 0 Å². The van der Waals surface area contributed by atoms with Gasteiger partial charge in [-0.3, -0.25) is 0 Å². The first-order valence-corrected chi connectivity index (χ1v) is 6.99. The lowest BCUT2D eigenvalue weighted by Gasteiger charge is -2.24. The second-order valence-corrected chi connectivity index (χ2v) is 5.96. The van der Waals surface area contributed by atoms with Crippen LogP contribution in [0.25, 0.3) is 0 Å². The smallest absolute Gasteiger partial charge is 0.226 e. The van der Waals surface area contributed by atoms with Crippen LogP contribution in [0.2, 0.25) is 0 Å². The minimum atomic E-state index is -0.185. The lowest BCUT2D eigenvalue weighted by molar-refractivity contribution is -0.162. The standard InChI is InChI=1S/C16H23NO2/c1-16(2,3)15(13-9-5-4-6-10-13)17-19-14-11-7-8-12-18-14/h4-6,9-10,14H,7-8,11-12H2,1-3H3/b17-15-. The largest absolute Gasteiger partial charge is 0.363 e. The van der Waals surface area contributed by atoms with Gasteiger partial charge in [-0.1, -0.05) is 56.3 Å². The van der Waals surface area contributed by atoms with E-state index in [0.717, 1.165) is 37.1 Å². The predicted octanol–water partition coefficient (Wildman–Crippen LogP) is 3.98. The molecule has 19 heavy (non-hydrogen) atoms. The minimum Gasteiger partial charge on any atom is -0.363 e. The normalized spacial score (nSPS) is 21.2. The van der Waals surface area contributed by atoms with E-state index < -0.39 is 0 Å². The van der Waals surface area contributed by atoms with Gasteiger partial charge in [-0.05, 0) is 18.4 Å². The highest BCUT2D eigenvalue weighted by molar-refractivity contribution is 6.03. The van der Waals surface area contributed by atoms with Gasteiger partial charge in [0.25, 0.3) is 0 Å². The maximum Gasteiger partial charge on any atom is 0.226 e. The molecule has 0 N–H and O–H groups in total. The second kappa shape index (κ2) is 6.20. The van der Waals surface area contributed by atoms with Crippen LogP contribution in [0, 0.1) is 5.41 Å². The maximum atomic E-state index is 5.59. The molecule has 2 rings (SSSR count). The van der Waals surface area contributed by atoms with Crippen molar-refractivity contribution in [2.24, 2.45) is 10.6 Å². The SMILES string of the molecule is CC(C)(C)/C(=N\OC1CCCCO1)c1ccccc1. The highest BCUT2D eigenvalue weighted by atomic mass is 16.8. The fourth-order valence-corrected chi connectivity index (χ4v) is 2.12. The van der Waals surface area contributed by atoms with Gasteiger partial charge in [-0.15, -0.1) is 0 Å². The summed E-state index contributed by atoms with van der Waals surface area (Å²) in [7, 11) is 0. The van der Waals surface area contributed by atoms with Crippen molar-refractivity contribution in [1.29, 1.82) is 0 Å². The summed E-state index contributed by atoms with van der Waals surface area (Å²) in [5, 5.41) is 4.38. The third kappa shape index (κ3) is 4.06. The fraction of sp³-hybridized carbons (Fsp3) is 0.562. The summed E-state index contributed by atoms with van der Waals surface area (Å²) in [6.45, 7) is 7.20. The van der Waals surface area contributed by atoms with Gasteiger partial charge >= 0.3 is 0 Å². The topological polar surface area (TPSA) is 30.8 Å². The Balaban J connectivity index is 2.14. The van der Waals surface area contributed by atoms with E-state index in [2.05, 4.69) is 38.1 Å². The molecule has 3 nitrogen and oxygen atoms in total. The Morgan fingerprint density at radius 3 is 2.53 bits per heavy atom. The molecule has 1 saturated heterocycles. The average molecular weight is 261 g/mol. The van der Waals surface area contributed by atoms with Crippen molar-refractivity contribution in [1.82, 2.24) is 0 Å². The molecular formula is C16H23NO2. The van der Waals surface area contributed by atoms with Crippen LogP contribution >= 0.6 is 0 Å². The average Bonchev–Trinajstić information content (AvgIpc) is 2.40. The first-order chi connectivity index (χ1) is 9.07. The number of rotatable bonds is 3. The molecule has 1 aromatic rings. The van der Waals surface area contributed by atoms with Crippen molar-refractivity contribution in [3.8, 4) is 0 Å². The zero-order chi connectivity index (χ0) is 13.7. The minimum absolute atomic E-state index is 0.0595. The molecule has 0 spiro atoms. The fourth-order valence-electron chi connectivity index (χ4n) is 2.12. The Labute approximate surface area is 115 Å². The summed E-state index contributed by atoms with van der Waals surface area (Å²) in [6.07, 6.45) is 3.01. The Morgan fingerprint density at radius 2 is 1.95 bits per heavy atom. The molecule has 1 atom stereocenters. The second-order valence-electron chi connectivity index (χ2n) is 5.96. The molecule has 1 unspecified atom stereocenters. The number of nitrogens with zero attached hydrogens (tertiary/aromatic N) is 1. The molecule has 1 aliphatic rings. The van der Waals surface area contributed by atoms with Crippen molar-refractivity contribution in [3.05, 3.63) is 35.9 Å². The first kappa shape index (κ1) is 14.1. The summed E-state index contributed by atoms with van der Waals surface area (Å²) in [4.78, 5) is 5.59. The van der Waals surface area contributed by atoms with Gasteiger partial charge in [0.1, 0.15) is 0 Å². The summed E-state index contributed by atoms with van der Waals surface area (Å²) in [5.41, 5.74) is 2.00. The van der Waals surface area contributed by atoms with Crippen molar-refractivity contribution < 1.29 is 9.57 Å². The Bertz CT molecular complexity index is 414. The monoisotopic (exact) mass is 261 g/mol. The number of oxime groups is 1. The van der Waals surface area contributed by atoms with Crippen LogP contribution in [-0.2, 0) is 9.57 Å². The predicted molar refractivity (Wildman–Crippen MR) is 77.1 cm³/mol. The Kier molecular flexibility index (Phi) is 4.59. The van der Waals surface area contributed by atoms with Gasteiger partial charge in [0, 0.05) is 11.8 Å². The molecule has 0 radical (unpaired) electrons. The lowest BCUT2D eigenvalue weighted by Crippen LogP contribution is -2.25. The van der Waals surface area contributed by atoms with Crippen LogP contribution in [0.1, 0.15) is 45.6 Å². The number of benzene rings is 1. The highest BCUT2D eigenvalue weighted by Gasteiger charge is 2.23. The first-order valence-electron chi connectivity index (χ1n) is 6.99. The van der Waals surface area contributed by atoms with Crippen molar-refractivity contribution in [2.45, 2.75) is 46.3 Å². The van der Waals surface area contributed by atoms with Crippen molar-refractivity contribution in [3.63, 3.8) is 0 Å². The van der Waals surface area contributed by atoms with Crippen LogP contribution < -0.4 is 0 Å². The van der Waals surface area contributed by atoms with E-state index in [4.69, 9.17) is 9.57 Å². The molecule has 1 aromatic carbocycles. The van der Waals surface area contributed by atoms with Gasteiger partial charge in [-0.2, -0.15) is 0 Å². The van der Waals surface area contributed by atoms with Gasteiger partial charge in [-0.25, -0.2) is 0 Å². The summed E-state index contributed by atoms with van der Waals surface area (Å²) < 4.78 is 5.55. The van der Waals surface area contributed by atoms with E-state index in [0.29, 0.717) is 0 Å².